The molecule has 0 aromatic heterocycles. The van der Waals surface area contributed by atoms with Gasteiger partial charge in [-0.15, -0.1) is 0 Å². The molecule has 2 aliphatic rings. The molecular formula is C26H29N5O5S. The first kappa shape index (κ1) is 26.2. The smallest absolute Gasteiger partial charge is 0.276 e. The Hall–Kier alpha value is -3.86. The minimum atomic E-state index is -0.555. The van der Waals surface area contributed by atoms with Crippen molar-refractivity contribution in [2.45, 2.75) is 37.9 Å². The molecule has 0 radical (unpaired) electrons. The maximum absolute atomic E-state index is 12.6. The molecule has 2 aliphatic heterocycles. The van der Waals surface area contributed by atoms with E-state index in [0.29, 0.717) is 16.6 Å². The number of likely N-dealkylation sites (tertiary alicyclic amines) is 1. The highest BCUT2D eigenvalue weighted by atomic mass is 32.2. The average Bonchev–Trinajstić information content (AvgIpc) is 3.26. The maximum atomic E-state index is 12.6. The summed E-state index contributed by atoms with van der Waals surface area (Å²) in [6.45, 7) is 3.42. The number of hydrogen-bond acceptors (Lipinski definition) is 7. The van der Waals surface area contributed by atoms with Crippen molar-refractivity contribution in [3.8, 4) is 5.75 Å². The van der Waals surface area contributed by atoms with E-state index in [4.69, 9.17) is 4.74 Å². The van der Waals surface area contributed by atoms with Crippen LogP contribution >= 0.6 is 11.8 Å². The third-order valence-electron chi connectivity index (χ3n) is 5.81. The van der Waals surface area contributed by atoms with E-state index in [0.717, 1.165) is 31.5 Å². The van der Waals surface area contributed by atoms with Crippen LogP contribution in [0.4, 0.5) is 5.69 Å². The summed E-state index contributed by atoms with van der Waals surface area (Å²) in [5.74, 6) is -1.17. The number of benzene rings is 2. The van der Waals surface area contributed by atoms with Gasteiger partial charge in [-0.3, -0.25) is 30.0 Å². The molecule has 2 heterocycles. The van der Waals surface area contributed by atoms with Gasteiger partial charge in [-0.25, -0.2) is 0 Å². The number of anilines is 1. The Morgan fingerprint density at radius 2 is 1.81 bits per heavy atom. The molecule has 0 bridgehead atoms. The van der Waals surface area contributed by atoms with Crippen LogP contribution in [0.25, 0.3) is 0 Å². The van der Waals surface area contributed by atoms with E-state index in [1.54, 1.807) is 30.3 Å². The van der Waals surface area contributed by atoms with E-state index in [-0.39, 0.29) is 30.4 Å². The number of carbonyl (C=O) groups excluding carboxylic acids is 4. The summed E-state index contributed by atoms with van der Waals surface area (Å²) in [6.07, 6.45) is 3.32. The summed E-state index contributed by atoms with van der Waals surface area (Å²) in [6, 6.07) is 13.6. The van der Waals surface area contributed by atoms with Gasteiger partial charge < -0.3 is 15.0 Å². The third-order valence-corrected chi connectivity index (χ3v) is 7.02. The average molecular weight is 524 g/mol. The molecular weight excluding hydrogens is 494 g/mol. The number of piperidine rings is 1. The fraction of sp³-hybridized carbons (Fsp3) is 0.346. The second-order valence-electron chi connectivity index (χ2n) is 8.83. The molecule has 0 spiro atoms. The summed E-state index contributed by atoms with van der Waals surface area (Å²) >= 11 is 1.34. The van der Waals surface area contributed by atoms with E-state index in [2.05, 4.69) is 26.1 Å². The van der Waals surface area contributed by atoms with Crippen molar-refractivity contribution < 1.29 is 23.9 Å². The topological polar surface area (TPSA) is 129 Å². The molecule has 0 saturated carbocycles. The number of amidine groups is 1. The first-order valence-corrected chi connectivity index (χ1v) is 13.0. The van der Waals surface area contributed by atoms with E-state index >= 15 is 0 Å². The van der Waals surface area contributed by atoms with Crippen LogP contribution in [0, 0.1) is 6.92 Å². The highest BCUT2D eigenvalue weighted by Gasteiger charge is 2.33. The van der Waals surface area contributed by atoms with Gasteiger partial charge >= 0.3 is 0 Å². The molecule has 3 N–H and O–H groups in total. The van der Waals surface area contributed by atoms with Crippen LogP contribution in [0.3, 0.4) is 0 Å². The second-order valence-corrected chi connectivity index (χ2v) is 10.00. The van der Waals surface area contributed by atoms with Gasteiger partial charge in [0.1, 0.15) is 11.0 Å². The molecule has 2 aromatic carbocycles. The lowest BCUT2D eigenvalue weighted by molar-refractivity contribution is -0.123. The Kier molecular flexibility index (Phi) is 8.78. The summed E-state index contributed by atoms with van der Waals surface area (Å²) < 4.78 is 5.41. The van der Waals surface area contributed by atoms with Crippen LogP contribution in [0.15, 0.2) is 53.5 Å². The zero-order valence-corrected chi connectivity index (χ0v) is 21.3. The van der Waals surface area contributed by atoms with Crippen LogP contribution in [-0.2, 0) is 14.4 Å². The number of amides is 4. The molecule has 1 unspecified atom stereocenters. The monoisotopic (exact) mass is 523 g/mol. The van der Waals surface area contributed by atoms with Crippen LogP contribution < -0.4 is 20.9 Å². The van der Waals surface area contributed by atoms with E-state index in [1.165, 1.54) is 24.2 Å². The lowest BCUT2D eigenvalue weighted by Crippen LogP contribution is -2.43. The molecule has 11 heteroatoms. The minimum absolute atomic E-state index is 0.0161. The first-order valence-electron chi connectivity index (χ1n) is 12.1. The van der Waals surface area contributed by atoms with Crippen molar-refractivity contribution in [3.63, 3.8) is 0 Å². The van der Waals surface area contributed by atoms with Gasteiger partial charge in [-0.2, -0.15) is 4.99 Å². The number of rotatable bonds is 7. The molecule has 1 saturated heterocycles. The van der Waals surface area contributed by atoms with Crippen LogP contribution in [0.2, 0.25) is 0 Å². The second kappa shape index (κ2) is 12.4. The van der Waals surface area contributed by atoms with E-state index in [9.17, 15) is 19.2 Å². The van der Waals surface area contributed by atoms with Crippen molar-refractivity contribution in [3.05, 3.63) is 59.7 Å². The van der Waals surface area contributed by atoms with Crippen LogP contribution in [0.5, 0.6) is 5.75 Å². The standard InChI is InChI=1S/C26H29N5O5S/c1-17-7-5-10-20(13-17)36-16-23(33)29-30-24(34)18-8-6-9-19(14-18)27-22(32)15-21-25(35)28-26(37-21)31-11-3-2-4-12-31/h5-10,13-14,21H,2-4,11-12,15-16H2,1H3,(H,27,32)(H,29,33)(H,30,34). The zero-order valence-electron chi connectivity index (χ0n) is 20.5. The quantitative estimate of drug-likeness (QED) is 0.476. The predicted octanol–water partition coefficient (Wildman–Crippen LogP) is 2.65. The molecule has 10 nitrogen and oxygen atoms in total. The lowest BCUT2D eigenvalue weighted by Gasteiger charge is -2.27. The number of aliphatic imine (C=N–C) groups is 1. The van der Waals surface area contributed by atoms with Crippen molar-refractivity contribution in [2.24, 2.45) is 4.99 Å². The zero-order chi connectivity index (χ0) is 26.2. The molecule has 194 valence electrons. The highest BCUT2D eigenvalue weighted by molar-refractivity contribution is 8.15. The van der Waals surface area contributed by atoms with Gasteiger partial charge in [0.25, 0.3) is 17.7 Å². The number of nitrogens with one attached hydrogen (secondary N) is 3. The number of aryl methyl sites for hydroxylation is 1. The maximum Gasteiger partial charge on any atom is 0.276 e. The number of hydrazine groups is 1. The number of ether oxygens (including phenoxy) is 1. The largest absolute Gasteiger partial charge is 0.484 e. The molecule has 0 aliphatic carbocycles. The molecule has 1 atom stereocenters. The van der Waals surface area contributed by atoms with Crippen molar-refractivity contribution in [2.75, 3.05) is 25.0 Å². The number of hydrogen-bond donors (Lipinski definition) is 3. The molecule has 4 amide bonds. The Labute approximate surface area is 219 Å². The van der Waals surface area contributed by atoms with Crippen molar-refractivity contribution in [1.82, 2.24) is 15.8 Å². The Balaban J connectivity index is 1.22. The van der Waals surface area contributed by atoms with E-state index in [1.807, 2.05) is 19.1 Å². The summed E-state index contributed by atoms with van der Waals surface area (Å²) in [7, 11) is 0. The molecule has 1 fully saturated rings. The summed E-state index contributed by atoms with van der Waals surface area (Å²) in [5.41, 5.74) is 6.27. The van der Waals surface area contributed by atoms with Crippen LogP contribution in [0.1, 0.15) is 41.6 Å². The molecule has 4 rings (SSSR count). The van der Waals surface area contributed by atoms with Gasteiger partial charge in [0.05, 0.1) is 0 Å². The number of nitrogens with zero attached hydrogens (tertiary/aromatic N) is 2. The fourth-order valence-corrected chi connectivity index (χ4v) is 5.05. The molecule has 2 aromatic rings. The summed E-state index contributed by atoms with van der Waals surface area (Å²) in [4.78, 5) is 55.6. The first-order chi connectivity index (χ1) is 17.9. The highest BCUT2D eigenvalue weighted by Crippen LogP contribution is 2.29. The SMILES string of the molecule is Cc1cccc(OCC(=O)NNC(=O)c2cccc(NC(=O)CC3SC(N4CCCCC4)=NC3=O)c2)c1. The number of thioether (sulfide) groups is 1. The predicted molar refractivity (Wildman–Crippen MR) is 141 cm³/mol. The van der Waals surface area contributed by atoms with Gasteiger partial charge in [0.15, 0.2) is 11.8 Å². The van der Waals surface area contributed by atoms with E-state index < -0.39 is 17.1 Å². The lowest BCUT2D eigenvalue weighted by atomic mass is 10.1. The Morgan fingerprint density at radius 3 is 2.59 bits per heavy atom. The molecule has 37 heavy (non-hydrogen) atoms. The van der Waals surface area contributed by atoms with Gasteiger partial charge in [-0.05, 0) is 62.1 Å². The van der Waals surface area contributed by atoms with Gasteiger partial charge in [0, 0.05) is 30.8 Å². The Morgan fingerprint density at radius 1 is 1.03 bits per heavy atom. The van der Waals surface area contributed by atoms with Crippen LogP contribution in [-0.4, -0.2) is 58.6 Å². The van der Waals surface area contributed by atoms with Crippen molar-refractivity contribution in [1.29, 1.82) is 0 Å². The Bertz CT molecular complexity index is 1210. The minimum Gasteiger partial charge on any atom is -0.484 e. The third kappa shape index (κ3) is 7.56. The van der Waals surface area contributed by atoms with Gasteiger partial charge in [-0.1, -0.05) is 30.0 Å². The normalized spacial score (nSPS) is 17.1. The fourth-order valence-electron chi connectivity index (χ4n) is 3.94. The summed E-state index contributed by atoms with van der Waals surface area (Å²) in [5, 5.41) is 2.88. The van der Waals surface area contributed by atoms with Crippen molar-refractivity contribution >= 4 is 46.2 Å². The van der Waals surface area contributed by atoms with Gasteiger partial charge in [0.2, 0.25) is 5.91 Å². The number of carbonyl (C=O) groups is 4.